The van der Waals surface area contributed by atoms with Crippen molar-refractivity contribution in [3.8, 4) is 0 Å². The quantitative estimate of drug-likeness (QED) is 0.786. The summed E-state index contributed by atoms with van der Waals surface area (Å²) < 4.78 is 16.3. The molecule has 1 aromatic heterocycles. The zero-order valence-electron chi connectivity index (χ0n) is 14.7. The Morgan fingerprint density at radius 3 is 2.92 bits per heavy atom. The first kappa shape index (κ1) is 17.4. The molecule has 134 valence electrons. The van der Waals surface area contributed by atoms with Crippen LogP contribution in [0.5, 0.6) is 0 Å². The normalized spacial score (nSPS) is 27.2. The maximum atomic E-state index is 12.2. The summed E-state index contributed by atoms with van der Waals surface area (Å²) >= 11 is 0. The van der Waals surface area contributed by atoms with Crippen molar-refractivity contribution >= 4 is 5.91 Å². The van der Waals surface area contributed by atoms with Crippen molar-refractivity contribution in [3.63, 3.8) is 0 Å². The van der Waals surface area contributed by atoms with E-state index in [0.29, 0.717) is 19.2 Å². The Morgan fingerprint density at radius 1 is 1.38 bits per heavy atom. The van der Waals surface area contributed by atoms with Crippen LogP contribution in [0.25, 0.3) is 0 Å². The zero-order chi connectivity index (χ0) is 17.1. The predicted octanol–water partition coefficient (Wildman–Crippen LogP) is 1.18. The van der Waals surface area contributed by atoms with E-state index in [4.69, 9.17) is 14.0 Å². The third-order valence-electron chi connectivity index (χ3n) is 5.10. The van der Waals surface area contributed by atoms with Gasteiger partial charge in [-0.1, -0.05) is 5.16 Å². The van der Waals surface area contributed by atoms with Gasteiger partial charge in [0.15, 0.2) is 0 Å². The predicted molar refractivity (Wildman–Crippen MR) is 87.6 cm³/mol. The molecule has 2 fully saturated rings. The van der Waals surface area contributed by atoms with Crippen LogP contribution in [0, 0.1) is 13.8 Å². The molecule has 2 aliphatic heterocycles. The van der Waals surface area contributed by atoms with Crippen LogP contribution in [-0.2, 0) is 20.8 Å². The van der Waals surface area contributed by atoms with Gasteiger partial charge in [0.2, 0.25) is 5.91 Å². The molecule has 24 heavy (non-hydrogen) atoms. The number of fused-ring (bicyclic) bond motifs is 1. The minimum atomic E-state index is -0.331. The molecule has 7 heteroatoms. The lowest BCUT2D eigenvalue weighted by Gasteiger charge is -2.35. The van der Waals surface area contributed by atoms with Gasteiger partial charge in [0.25, 0.3) is 0 Å². The number of nitrogens with one attached hydrogen (secondary N) is 1. The van der Waals surface area contributed by atoms with E-state index in [0.717, 1.165) is 43.8 Å². The molecule has 0 aliphatic carbocycles. The Kier molecular flexibility index (Phi) is 5.53. The van der Waals surface area contributed by atoms with E-state index in [1.54, 1.807) is 7.11 Å². The van der Waals surface area contributed by atoms with Gasteiger partial charge in [-0.3, -0.25) is 9.69 Å². The molecule has 3 rings (SSSR count). The minimum absolute atomic E-state index is 0.0188. The molecule has 7 nitrogen and oxygen atoms in total. The molecule has 2 saturated heterocycles. The van der Waals surface area contributed by atoms with Gasteiger partial charge < -0.3 is 19.3 Å². The van der Waals surface area contributed by atoms with Crippen LogP contribution in [0.2, 0.25) is 0 Å². The second-order valence-corrected chi connectivity index (χ2v) is 6.65. The van der Waals surface area contributed by atoms with Gasteiger partial charge in [-0.2, -0.15) is 0 Å². The third kappa shape index (κ3) is 3.63. The Balaban J connectivity index is 1.54. The van der Waals surface area contributed by atoms with Gasteiger partial charge in [-0.05, 0) is 33.1 Å². The molecule has 0 unspecified atom stereocenters. The highest BCUT2D eigenvalue weighted by molar-refractivity contribution is 5.80. The van der Waals surface area contributed by atoms with E-state index < -0.39 is 0 Å². The molecule has 0 bridgehead atoms. The molecule has 3 atom stereocenters. The third-order valence-corrected chi connectivity index (χ3v) is 5.10. The fourth-order valence-electron chi connectivity index (χ4n) is 3.72. The topological polar surface area (TPSA) is 76.8 Å². The first-order chi connectivity index (χ1) is 11.6. The highest BCUT2D eigenvalue weighted by Crippen LogP contribution is 2.33. The van der Waals surface area contributed by atoms with Crippen molar-refractivity contribution < 1.29 is 18.8 Å². The van der Waals surface area contributed by atoms with E-state index in [2.05, 4.69) is 15.4 Å². The number of rotatable bonds is 6. The highest BCUT2D eigenvalue weighted by Gasteiger charge is 2.41. The summed E-state index contributed by atoms with van der Waals surface area (Å²) in [5.74, 6) is 0.873. The van der Waals surface area contributed by atoms with E-state index in [9.17, 15) is 4.79 Å². The Labute approximate surface area is 142 Å². The summed E-state index contributed by atoms with van der Waals surface area (Å²) in [6, 6.07) is 0.377. The number of methoxy groups -OCH3 is 1. The molecule has 3 heterocycles. The number of hydrogen-bond acceptors (Lipinski definition) is 6. The van der Waals surface area contributed by atoms with Crippen LogP contribution >= 0.6 is 0 Å². The van der Waals surface area contributed by atoms with Crippen LogP contribution in [-0.4, -0.2) is 61.0 Å². The average molecular weight is 337 g/mol. The maximum Gasteiger partial charge on any atom is 0.249 e. The van der Waals surface area contributed by atoms with Crippen LogP contribution in [0.3, 0.4) is 0 Å². The van der Waals surface area contributed by atoms with Crippen LogP contribution in [0.15, 0.2) is 4.52 Å². The van der Waals surface area contributed by atoms with E-state index in [1.165, 1.54) is 5.56 Å². The minimum Gasteiger partial charge on any atom is -0.383 e. The standard InChI is InChI=1S/C17H27N3O4/c1-11-13(12(2)24-19-11)10-20-8-6-15-14(20)4-5-16(23-15)17(21)18-7-9-22-3/h14-16H,4-10H2,1-3H3,(H,18,21)/t14-,15-,16+/m1/s1. The number of carbonyl (C=O) groups is 1. The number of amides is 1. The molecular weight excluding hydrogens is 310 g/mol. The van der Waals surface area contributed by atoms with Crippen molar-refractivity contribution in [2.24, 2.45) is 0 Å². The summed E-state index contributed by atoms with van der Waals surface area (Å²) in [5.41, 5.74) is 2.14. The number of aromatic nitrogens is 1. The second-order valence-electron chi connectivity index (χ2n) is 6.65. The van der Waals surface area contributed by atoms with Crippen LogP contribution in [0.1, 0.15) is 36.3 Å². The van der Waals surface area contributed by atoms with Crippen LogP contribution < -0.4 is 5.32 Å². The van der Waals surface area contributed by atoms with Gasteiger partial charge >= 0.3 is 0 Å². The number of ether oxygens (including phenoxy) is 2. The molecule has 0 radical (unpaired) electrons. The van der Waals surface area contributed by atoms with E-state index in [1.807, 2.05) is 13.8 Å². The molecule has 1 aromatic rings. The molecule has 0 spiro atoms. The second kappa shape index (κ2) is 7.63. The Morgan fingerprint density at radius 2 is 2.21 bits per heavy atom. The number of nitrogens with zero attached hydrogens (tertiary/aromatic N) is 2. The number of likely N-dealkylation sites (tertiary alicyclic amines) is 1. The summed E-state index contributed by atoms with van der Waals surface area (Å²) in [7, 11) is 1.62. The van der Waals surface area contributed by atoms with Gasteiger partial charge in [0, 0.05) is 38.3 Å². The van der Waals surface area contributed by atoms with Crippen molar-refractivity contribution in [3.05, 3.63) is 17.0 Å². The van der Waals surface area contributed by atoms with Gasteiger partial charge in [-0.15, -0.1) is 0 Å². The van der Waals surface area contributed by atoms with Crippen molar-refractivity contribution in [1.82, 2.24) is 15.4 Å². The zero-order valence-corrected chi connectivity index (χ0v) is 14.7. The Bertz CT molecular complexity index is 555. The van der Waals surface area contributed by atoms with Crippen molar-refractivity contribution in [1.29, 1.82) is 0 Å². The first-order valence-electron chi connectivity index (χ1n) is 8.68. The number of hydrogen-bond donors (Lipinski definition) is 1. The molecule has 0 aromatic carbocycles. The lowest BCUT2D eigenvalue weighted by atomic mass is 9.98. The fourth-order valence-corrected chi connectivity index (χ4v) is 3.72. The number of carbonyl (C=O) groups excluding carboxylic acids is 1. The van der Waals surface area contributed by atoms with Crippen molar-refractivity contribution in [2.45, 2.75) is 57.9 Å². The Hall–Kier alpha value is -1.44. The van der Waals surface area contributed by atoms with E-state index >= 15 is 0 Å². The fraction of sp³-hybridized carbons (Fsp3) is 0.765. The first-order valence-corrected chi connectivity index (χ1v) is 8.68. The van der Waals surface area contributed by atoms with E-state index in [-0.39, 0.29) is 18.1 Å². The van der Waals surface area contributed by atoms with Crippen LogP contribution in [0.4, 0.5) is 0 Å². The molecule has 0 saturated carbocycles. The number of aryl methyl sites for hydroxylation is 2. The van der Waals surface area contributed by atoms with Gasteiger partial charge in [0.05, 0.1) is 18.4 Å². The molecule has 1 N–H and O–H groups in total. The van der Waals surface area contributed by atoms with Gasteiger partial charge in [-0.25, -0.2) is 0 Å². The molecule has 2 aliphatic rings. The highest BCUT2D eigenvalue weighted by atomic mass is 16.5. The molecular formula is C17H27N3O4. The summed E-state index contributed by atoms with van der Waals surface area (Å²) in [4.78, 5) is 14.6. The lowest BCUT2D eigenvalue weighted by molar-refractivity contribution is -0.144. The largest absolute Gasteiger partial charge is 0.383 e. The molecule has 1 amide bonds. The lowest BCUT2D eigenvalue weighted by Crippen LogP contribution is -2.48. The monoisotopic (exact) mass is 337 g/mol. The SMILES string of the molecule is COCCNC(=O)[C@@H]1CC[C@@H]2[C@@H](CCN2Cc2c(C)noc2C)O1. The average Bonchev–Trinajstić information content (AvgIpc) is 3.13. The van der Waals surface area contributed by atoms with Crippen molar-refractivity contribution in [2.75, 3.05) is 26.8 Å². The smallest absolute Gasteiger partial charge is 0.249 e. The van der Waals surface area contributed by atoms with Gasteiger partial charge in [0.1, 0.15) is 11.9 Å². The summed E-state index contributed by atoms with van der Waals surface area (Å²) in [5, 5.41) is 6.91. The summed E-state index contributed by atoms with van der Waals surface area (Å²) in [6.45, 7) is 6.82. The summed E-state index contributed by atoms with van der Waals surface area (Å²) in [6.07, 6.45) is 2.52. The maximum absolute atomic E-state index is 12.2.